The van der Waals surface area contributed by atoms with E-state index in [9.17, 15) is 13.2 Å². The molecule has 4 nitrogen and oxygen atoms in total. The van der Waals surface area contributed by atoms with Crippen LogP contribution in [-0.4, -0.2) is 33.0 Å². The molecule has 22 heavy (non-hydrogen) atoms. The molecule has 0 amide bonds. The third-order valence-corrected chi connectivity index (χ3v) is 4.60. The average molecular weight is 330 g/mol. The van der Waals surface area contributed by atoms with Crippen molar-refractivity contribution in [1.82, 2.24) is 19.4 Å². The van der Waals surface area contributed by atoms with Gasteiger partial charge in [-0.15, -0.1) is 11.3 Å². The van der Waals surface area contributed by atoms with Gasteiger partial charge in [-0.2, -0.15) is 13.2 Å². The van der Waals surface area contributed by atoms with E-state index in [0.29, 0.717) is 24.7 Å². The number of rotatable bonds is 4. The van der Waals surface area contributed by atoms with Gasteiger partial charge in [0.2, 0.25) is 0 Å². The second-order valence-electron chi connectivity index (χ2n) is 5.72. The molecule has 2 aromatic rings. The standard InChI is InChI=1S/C14H17F3N4S/c1-20(9-13-18-4-5-22-13)6-10-2-3-12-19-11(14(15,16)17)8-21(12)7-10/h4-5,8,10H,2-3,6-7,9H2,1H3. The lowest BCUT2D eigenvalue weighted by Crippen LogP contribution is -2.31. The Labute approximate surface area is 130 Å². The smallest absolute Gasteiger partial charge is 0.334 e. The number of imidazole rings is 1. The van der Waals surface area contributed by atoms with Gasteiger partial charge in [0.15, 0.2) is 5.69 Å². The van der Waals surface area contributed by atoms with Crippen LogP contribution in [0, 0.1) is 5.92 Å². The summed E-state index contributed by atoms with van der Waals surface area (Å²) in [5.74, 6) is 0.888. The molecular weight excluding hydrogens is 313 g/mol. The number of nitrogens with zero attached hydrogens (tertiary/aromatic N) is 4. The second kappa shape index (κ2) is 6.00. The number of halogens is 3. The highest BCUT2D eigenvalue weighted by Crippen LogP contribution is 2.30. The van der Waals surface area contributed by atoms with Crippen molar-refractivity contribution in [2.75, 3.05) is 13.6 Å². The predicted molar refractivity (Wildman–Crippen MR) is 77.5 cm³/mol. The minimum absolute atomic E-state index is 0.341. The number of aromatic nitrogens is 3. The summed E-state index contributed by atoms with van der Waals surface area (Å²) in [6.45, 7) is 2.22. The second-order valence-corrected chi connectivity index (χ2v) is 6.70. The van der Waals surface area contributed by atoms with Gasteiger partial charge in [0.25, 0.3) is 0 Å². The van der Waals surface area contributed by atoms with Gasteiger partial charge in [-0.25, -0.2) is 9.97 Å². The average Bonchev–Trinajstić information content (AvgIpc) is 3.06. The molecule has 1 atom stereocenters. The van der Waals surface area contributed by atoms with E-state index >= 15 is 0 Å². The summed E-state index contributed by atoms with van der Waals surface area (Å²) < 4.78 is 39.8. The lowest BCUT2D eigenvalue weighted by atomic mass is 9.99. The van der Waals surface area contributed by atoms with Crippen molar-refractivity contribution >= 4 is 11.3 Å². The molecule has 1 aliphatic heterocycles. The van der Waals surface area contributed by atoms with E-state index in [1.54, 1.807) is 22.1 Å². The third-order valence-electron chi connectivity index (χ3n) is 3.84. The van der Waals surface area contributed by atoms with Crippen LogP contribution in [-0.2, 0) is 25.7 Å². The van der Waals surface area contributed by atoms with E-state index in [1.165, 1.54) is 0 Å². The molecular formula is C14H17F3N4S. The summed E-state index contributed by atoms with van der Waals surface area (Å²) in [5, 5.41) is 3.00. The molecule has 1 aliphatic rings. The summed E-state index contributed by atoms with van der Waals surface area (Å²) in [5.41, 5.74) is -0.778. The van der Waals surface area contributed by atoms with Gasteiger partial charge in [-0.05, 0) is 19.4 Å². The molecule has 8 heteroatoms. The zero-order valence-corrected chi connectivity index (χ0v) is 13.0. The van der Waals surface area contributed by atoms with Crippen molar-refractivity contribution in [1.29, 1.82) is 0 Å². The van der Waals surface area contributed by atoms with E-state index in [4.69, 9.17) is 0 Å². The van der Waals surface area contributed by atoms with Crippen molar-refractivity contribution in [2.24, 2.45) is 5.92 Å². The molecule has 120 valence electrons. The van der Waals surface area contributed by atoms with Crippen LogP contribution in [0.5, 0.6) is 0 Å². The van der Waals surface area contributed by atoms with Crippen LogP contribution in [0.3, 0.4) is 0 Å². The molecule has 0 N–H and O–H groups in total. The highest BCUT2D eigenvalue weighted by atomic mass is 32.1. The van der Waals surface area contributed by atoms with E-state index in [0.717, 1.165) is 30.7 Å². The molecule has 0 radical (unpaired) electrons. The summed E-state index contributed by atoms with van der Waals surface area (Å²) in [7, 11) is 2.02. The van der Waals surface area contributed by atoms with Crippen molar-refractivity contribution in [3.63, 3.8) is 0 Å². The first-order valence-corrected chi connectivity index (χ1v) is 8.00. The lowest BCUT2D eigenvalue weighted by molar-refractivity contribution is -0.141. The molecule has 0 saturated carbocycles. The maximum absolute atomic E-state index is 12.7. The molecule has 2 aromatic heterocycles. The van der Waals surface area contributed by atoms with Crippen molar-refractivity contribution in [3.8, 4) is 0 Å². The summed E-state index contributed by atoms with van der Waals surface area (Å²) >= 11 is 1.61. The van der Waals surface area contributed by atoms with E-state index in [1.807, 2.05) is 12.4 Å². The Balaban J connectivity index is 1.60. The Morgan fingerprint density at radius 1 is 1.45 bits per heavy atom. The van der Waals surface area contributed by atoms with Crippen molar-refractivity contribution in [3.05, 3.63) is 34.3 Å². The van der Waals surface area contributed by atoms with Crippen LogP contribution in [0.15, 0.2) is 17.8 Å². The van der Waals surface area contributed by atoms with Crippen LogP contribution < -0.4 is 0 Å². The molecule has 3 heterocycles. The lowest BCUT2D eigenvalue weighted by Gasteiger charge is -2.27. The number of thiazole rings is 1. The third kappa shape index (κ3) is 3.49. The van der Waals surface area contributed by atoms with Crippen molar-refractivity contribution in [2.45, 2.75) is 32.1 Å². The topological polar surface area (TPSA) is 34.0 Å². The van der Waals surface area contributed by atoms with Crippen LogP contribution in [0.25, 0.3) is 0 Å². The van der Waals surface area contributed by atoms with Gasteiger partial charge < -0.3 is 4.57 Å². The summed E-state index contributed by atoms with van der Waals surface area (Å²) in [4.78, 5) is 10.1. The molecule has 3 rings (SSSR count). The first-order valence-electron chi connectivity index (χ1n) is 7.12. The van der Waals surface area contributed by atoms with Crippen molar-refractivity contribution < 1.29 is 13.2 Å². The molecule has 1 unspecified atom stereocenters. The Kier molecular flexibility index (Phi) is 4.22. The molecule has 0 aliphatic carbocycles. The molecule has 0 fully saturated rings. The largest absolute Gasteiger partial charge is 0.434 e. The highest BCUT2D eigenvalue weighted by Gasteiger charge is 2.35. The highest BCUT2D eigenvalue weighted by molar-refractivity contribution is 7.09. The van der Waals surface area contributed by atoms with Crippen LogP contribution in [0.4, 0.5) is 13.2 Å². The number of alkyl halides is 3. The summed E-state index contributed by atoms with van der Waals surface area (Å²) in [6, 6.07) is 0. The minimum atomic E-state index is -4.36. The molecule has 0 bridgehead atoms. The number of hydrogen-bond acceptors (Lipinski definition) is 4. The van der Waals surface area contributed by atoms with E-state index in [-0.39, 0.29) is 0 Å². The predicted octanol–water partition coefficient (Wildman–Crippen LogP) is 3.05. The Morgan fingerprint density at radius 3 is 2.95 bits per heavy atom. The maximum atomic E-state index is 12.7. The van der Waals surface area contributed by atoms with Gasteiger partial charge in [-0.1, -0.05) is 0 Å². The Bertz CT molecular complexity index is 621. The first kappa shape index (κ1) is 15.5. The van der Waals surface area contributed by atoms with Crippen LogP contribution in [0.1, 0.15) is 22.9 Å². The fraction of sp³-hybridized carbons (Fsp3) is 0.571. The van der Waals surface area contributed by atoms with E-state index in [2.05, 4.69) is 14.9 Å². The van der Waals surface area contributed by atoms with Gasteiger partial charge in [0, 0.05) is 37.3 Å². The quantitative estimate of drug-likeness (QED) is 0.864. The zero-order chi connectivity index (χ0) is 15.7. The van der Waals surface area contributed by atoms with Gasteiger partial charge in [0.05, 0.1) is 6.54 Å². The minimum Gasteiger partial charge on any atom is -0.334 e. The normalized spacial score (nSPS) is 18.7. The fourth-order valence-electron chi connectivity index (χ4n) is 2.87. The number of fused-ring (bicyclic) bond motifs is 1. The SMILES string of the molecule is CN(Cc1nccs1)CC1CCc2nc(C(F)(F)F)cn2C1. The van der Waals surface area contributed by atoms with Gasteiger partial charge >= 0.3 is 6.18 Å². The molecule has 0 spiro atoms. The number of hydrogen-bond donors (Lipinski definition) is 0. The number of aryl methyl sites for hydroxylation is 1. The summed E-state index contributed by atoms with van der Waals surface area (Å²) in [6.07, 6.45) is 0.0387. The monoisotopic (exact) mass is 330 g/mol. The van der Waals surface area contributed by atoms with Crippen LogP contribution in [0.2, 0.25) is 0 Å². The molecule has 0 aromatic carbocycles. The van der Waals surface area contributed by atoms with Gasteiger partial charge in [0.1, 0.15) is 10.8 Å². The van der Waals surface area contributed by atoms with E-state index < -0.39 is 11.9 Å². The zero-order valence-electron chi connectivity index (χ0n) is 12.2. The Morgan fingerprint density at radius 2 is 2.27 bits per heavy atom. The van der Waals surface area contributed by atoms with Gasteiger partial charge in [-0.3, -0.25) is 4.90 Å². The Hall–Kier alpha value is -1.41. The molecule has 0 saturated heterocycles. The van der Waals surface area contributed by atoms with Crippen LogP contribution >= 0.6 is 11.3 Å². The maximum Gasteiger partial charge on any atom is 0.434 e. The first-order chi connectivity index (χ1) is 10.4. The fourth-order valence-corrected chi connectivity index (χ4v) is 3.56.